The molecule has 0 bridgehead atoms. The molecule has 1 aromatic carbocycles. The van der Waals surface area contributed by atoms with Crippen molar-refractivity contribution < 1.29 is 14.6 Å². The van der Waals surface area contributed by atoms with Crippen molar-refractivity contribution in [2.45, 2.75) is 53.0 Å². The fourth-order valence-corrected chi connectivity index (χ4v) is 4.57. The van der Waals surface area contributed by atoms with Crippen LogP contribution < -0.4 is 5.73 Å². The van der Waals surface area contributed by atoms with E-state index in [-0.39, 0.29) is 19.2 Å². The summed E-state index contributed by atoms with van der Waals surface area (Å²) in [5.74, 6) is 1.07. The molecule has 0 aliphatic rings. The third-order valence-corrected chi connectivity index (χ3v) is 6.21. The zero-order chi connectivity index (χ0) is 23.8. The maximum atomic E-state index is 12.8. The van der Waals surface area contributed by atoms with Crippen molar-refractivity contribution in [1.82, 2.24) is 19.4 Å². The second kappa shape index (κ2) is 8.99. The molecule has 9 heteroatoms. The molecule has 4 aromatic rings. The molecule has 0 atom stereocenters. The van der Waals surface area contributed by atoms with Gasteiger partial charge in [0.1, 0.15) is 16.9 Å². The summed E-state index contributed by atoms with van der Waals surface area (Å²) in [6.45, 7) is 8.76. The van der Waals surface area contributed by atoms with Gasteiger partial charge in [-0.15, -0.1) is 11.3 Å². The van der Waals surface area contributed by atoms with Crippen LogP contribution in [0.5, 0.6) is 0 Å². The zero-order valence-electron chi connectivity index (χ0n) is 19.3. The topological polar surface area (TPSA) is 107 Å². The number of fused-ring (bicyclic) bond motifs is 3. The number of nitrogens with two attached hydrogens (primary N) is 1. The highest BCUT2D eigenvalue weighted by Crippen LogP contribution is 2.33. The summed E-state index contributed by atoms with van der Waals surface area (Å²) in [7, 11) is 0. The van der Waals surface area contributed by atoms with Crippen LogP contribution in [0.2, 0.25) is 0 Å². The molecule has 0 fully saturated rings. The Kier molecular flexibility index (Phi) is 6.27. The lowest BCUT2D eigenvalue weighted by molar-refractivity contribution is 0.0238. The van der Waals surface area contributed by atoms with Crippen LogP contribution >= 0.6 is 11.3 Å². The van der Waals surface area contributed by atoms with Gasteiger partial charge in [0.05, 0.1) is 28.9 Å². The Labute approximate surface area is 196 Å². The number of rotatable bonds is 6. The van der Waals surface area contributed by atoms with Crippen LogP contribution in [0.4, 0.5) is 10.6 Å². The third kappa shape index (κ3) is 4.79. The molecule has 0 spiro atoms. The largest absolute Gasteiger partial charge is 0.444 e. The second-order valence-electron chi connectivity index (χ2n) is 8.91. The van der Waals surface area contributed by atoms with Crippen molar-refractivity contribution in [2.24, 2.45) is 0 Å². The molecule has 0 radical (unpaired) electrons. The first-order valence-corrected chi connectivity index (χ1v) is 11.8. The standard InChI is InChI=1S/C24H29N5O3S/c1-5-28(23(31)32-24(2,3)4)13-18-27-19-20(21-17(10-11-33-21)26-22(19)25)29(18)12-15-6-8-16(14-30)9-7-15/h6-11,30H,5,12-14H2,1-4H3,(H2,25,26). The molecule has 174 valence electrons. The highest BCUT2D eigenvalue weighted by molar-refractivity contribution is 7.18. The van der Waals surface area contributed by atoms with Gasteiger partial charge >= 0.3 is 6.09 Å². The van der Waals surface area contributed by atoms with Crippen LogP contribution in [0.3, 0.4) is 0 Å². The van der Waals surface area contributed by atoms with Gasteiger partial charge in [0.2, 0.25) is 0 Å². The first-order valence-electron chi connectivity index (χ1n) is 10.9. The fourth-order valence-electron chi connectivity index (χ4n) is 3.68. The van der Waals surface area contributed by atoms with E-state index in [1.807, 2.05) is 63.4 Å². The number of pyridine rings is 1. The van der Waals surface area contributed by atoms with Gasteiger partial charge in [-0.3, -0.25) is 0 Å². The van der Waals surface area contributed by atoms with Crippen LogP contribution in [-0.4, -0.2) is 42.8 Å². The van der Waals surface area contributed by atoms with Crippen LogP contribution in [0.1, 0.15) is 44.6 Å². The van der Waals surface area contributed by atoms with Crippen molar-refractivity contribution in [3.63, 3.8) is 0 Å². The SMILES string of the molecule is CCN(Cc1nc2c(N)nc3ccsc3c2n1Cc1ccc(CO)cc1)C(=O)OC(C)(C)C. The molecule has 0 unspecified atom stereocenters. The number of anilines is 1. The Morgan fingerprint density at radius 2 is 1.88 bits per heavy atom. The average molecular weight is 468 g/mol. The maximum absolute atomic E-state index is 12.8. The summed E-state index contributed by atoms with van der Waals surface area (Å²) < 4.78 is 8.70. The van der Waals surface area contributed by atoms with Crippen LogP contribution in [0.25, 0.3) is 21.3 Å². The van der Waals surface area contributed by atoms with Crippen LogP contribution in [0.15, 0.2) is 35.7 Å². The number of carbonyl (C=O) groups excluding carboxylic acids is 1. The van der Waals surface area contributed by atoms with Crippen LogP contribution in [0, 0.1) is 0 Å². The Hall–Kier alpha value is -3.17. The number of aliphatic hydroxyl groups is 1. The minimum atomic E-state index is -0.587. The molecule has 3 N–H and O–H groups in total. The molecular weight excluding hydrogens is 438 g/mol. The number of thiophene rings is 1. The number of hydrogen-bond acceptors (Lipinski definition) is 7. The average Bonchev–Trinajstić information content (AvgIpc) is 3.36. The van der Waals surface area contributed by atoms with Gasteiger partial charge < -0.3 is 25.0 Å². The van der Waals surface area contributed by atoms with Gasteiger partial charge in [-0.2, -0.15) is 0 Å². The van der Waals surface area contributed by atoms with Crippen molar-refractivity contribution in [3.05, 3.63) is 52.7 Å². The molecule has 8 nitrogen and oxygen atoms in total. The van der Waals surface area contributed by atoms with E-state index < -0.39 is 5.60 Å². The maximum Gasteiger partial charge on any atom is 0.410 e. The number of aromatic nitrogens is 3. The van der Waals surface area contributed by atoms with E-state index >= 15 is 0 Å². The third-order valence-electron chi connectivity index (χ3n) is 5.30. The van der Waals surface area contributed by atoms with Crippen molar-refractivity contribution in [1.29, 1.82) is 0 Å². The highest BCUT2D eigenvalue weighted by Gasteiger charge is 2.25. The van der Waals surface area contributed by atoms with E-state index in [0.29, 0.717) is 30.2 Å². The van der Waals surface area contributed by atoms with Gasteiger partial charge in [0.25, 0.3) is 0 Å². The predicted molar refractivity (Wildman–Crippen MR) is 131 cm³/mol. The number of amides is 1. The second-order valence-corrected chi connectivity index (χ2v) is 9.83. The minimum Gasteiger partial charge on any atom is -0.444 e. The van der Waals surface area contributed by atoms with Crippen molar-refractivity contribution in [2.75, 3.05) is 12.3 Å². The van der Waals surface area contributed by atoms with E-state index in [0.717, 1.165) is 26.9 Å². The summed E-state index contributed by atoms with van der Waals surface area (Å²) in [6.07, 6.45) is -0.386. The lowest BCUT2D eigenvalue weighted by atomic mass is 10.1. The molecule has 0 aliphatic carbocycles. The minimum absolute atomic E-state index is 0.00109. The molecule has 4 rings (SSSR count). The molecule has 33 heavy (non-hydrogen) atoms. The Balaban J connectivity index is 1.81. The Morgan fingerprint density at radius 1 is 1.18 bits per heavy atom. The summed E-state index contributed by atoms with van der Waals surface area (Å²) >= 11 is 1.59. The van der Waals surface area contributed by atoms with Gasteiger partial charge in [-0.05, 0) is 50.3 Å². The summed E-state index contributed by atoms with van der Waals surface area (Å²) in [4.78, 5) is 23.8. The van der Waals surface area contributed by atoms with E-state index in [9.17, 15) is 9.90 Å². The van der Waals surface area contributed by atoms with E-state index in [1.165, 1.54) is 0 Å². The molecular formula is C24H29N5O3S. The van der Waals surface area contributed by atoms with E-state index in [2.05, 4.69) is 9.55 Å². The predicted octanol–water partition coefficient (Wildman–Crippen LogP) is 4.53. The smallest absolute Gasteiger partial charge is 0.410 e. The number of hydrogen-bond donors (Lipinski definition) is 2. The van der Waals surface area contributed by atoms with E-state index in [4.69, 9.17) is 15.5 Å². The monoisotopic (exact) mass is 467 g/mol. The zero-order valence-corrected chi connectivity index (χ0v) is 20.1. The van der Waals surface area contributed by atoms with Crippen molar-refractivity contribution >= 4 is 44.5 Å². The molecule has 0 saturated heterocycles. The van der Waals surface area contributed by atoms with Gasteiger partial charge in [0, 0.05) is 13.1 Å². The quantitative estimate of drug-likeness (QED) is 0.432. The summed E-state index contributed by atoms with van der Waals surface area (Å²) in [5.41, 5.74) is 9.97. The number of imidazole rings is 1. The normalized spacial score (nSPS) is 11.9. The lowest BCUT2D eigenvalue weighted by Gasteiger charge is -2.26. The molecule has 1 amide bonds. The van der Waals surface area contributed by atoms with Gasteiger partial charge in [-0.25, -0.2) is 14.8 Å². The number of carbonyl (C=O) groups is 1. The number of ether oxygens (including phenoxy) is 1. The summed E-state index contributed by atoms with van der Waals surface area (Å²) in [6, 6.07) is 9.74. The highest BCUT2D eigenvalue weighted by atomic mass is 32.1. The number of aliphatic hydroxyl groups excluding tert-OH is 1. The van der Waals surface area contributed by atoms with Gasteiger partial charge in [0.15, 0.2) is 5.82 Å². The summed E-state index contributed by atoms with van der Waals surface area (Å²) in [5, 5.41) is 11.4. The van der Waals surface area contributed by atoms with Crippen LogP contribution in [-0.2, 0) is 24.4 Å². The Morgan fingerprint density at radius 3 is 2.52 bits per heavy atom. The molecule has 3 aromatic heterocycles. The Bertz CT molecular complexity index is 1290. The number of nitrogen functional groups attached to an aromatic ring is 1. The molecule has 3 heterocycles. The first-order chi connectivity index (χ1) is 15.7. The first kappa shape index (κ1) is 23.0. The van der Waals surface area contributed by atoms with E-state index in [1.54, 1.807) is 16.2 Å². The molecule has 0 aliphatic heterocycles. The lowest BCUT2D eigenvalue weighted by Crippen LogP contribution is -2.37. The fraction of sp³-hybridized carbons (Fsp3) is 0.375. The number of benzene rings is 1. The van der Waals surface area contributed by atoms with Crippen molar-refractivity contribution in [3.8, 4) is 0 Å². The molecule has 0 saturated carbocycles. The number of nitrogens with zero attached hydrogens (tertiary/aromatic N) is 4. The van der Waals surface area contributed by atoms with Gasteiger partial charge in [-0.1, -0.05) is 24.3 Å².